The Bertz CT molecular complexity index is 1100. The number of nitrogens with zero attached hydrogens (tertiary/aromatic N) is 6. The molecule has 0 spiro atoms. The van der Waals surface area contributed by atoms with Gasteiger partial charge in [0.2, 0.25) is 0 Å². The highest BCUT2D eigenvalue weighted by atomic mass is 16.5. The summed E-state index contributed by atoms with van der Waals surface area (Å²) in [4.78, 5) is 17.0. The van der Waals surface area contributed by atoms with Gasteiger partial charge in [0.05, 0.1) is 11.8 Å². The first kappa shape index (κ1) is 21.8. The number of fused-ring (bicyclic) bond motifs is 2. The second-order valence-corrected chi connectivity index (χ2v) is 10.1. The number of piperazine rings is 1. The van der Waals surface area contributed by atoms with E-state index >= 15 is 0 Å². The number of likely N-dealkylation sites (tertiary alicyclic amines) is 1. The predicted octanol–water partition coefficient (Wildman–Crippen LogP) is 2.25. The summed E-state index contributed by atoms with van der Waals surface area (Å²) in [6, 6.07) is 12.4. The minimum Gasteiger partial charge on any atom is -0.462 e. The zero-order valence-corrected chi connectivity index (χ0v) is 19.9. The van der Waals surface area contributed by atoms with Gasteiger partial charge in [-0.3, -0.25) is 10.2 Å². The minimum atomic E-state index is -0.185. The first-order valence-electron chi connectivity index (χ1n) is 12.6. The summed E-state index contributed by atoms with van der Waals surface area (Å²) in [6.45, 7) is 5.65. The molecule has 34 heavy (non-hydrogen) atoms. The molecule has 4 aliphatic rings. The number of ether oxygens (including phenoxy) is 1. The van der Waals surface area contributed by atoms with Crippen molar-refractivity contribution < 1.29 is 4.74 Å². The van der Waals surface area contributed by atoms with Gasteiger partial charge in [0.1, 0.15) is 18.5 Å². The van der Waals surface area contributed by atoms with Crippen LogP contribution in [0.25, 0.3) is 0 Å². The first-order valence-corrected chi connectivity index (χ1v) is 12.6. The maximum absolute atomic E-state index is 9.50. The fraction of sp³-hybridized carbons (Fsp3) is 0.577. The van der Waals surface area contributed by atoms with Crippen molar-refractivity contribution in [1.29, 1.82) is 5.26 Å². The van der Waals surface area contributed by atoms with E-state index in [0.29, 0.717) is 31.2 Å². The average molecular weight is 460 g/mol. The molecule has 1 N–H and O–H groups in total. The number of likely N-dealkylation sites (N-methyl/N-ethyl adjacent to an activating group) is 1. The highest BCUT2D eigenvalue weighted by Gasteiger charge is 2.36. The molecule has 178 valence electrons. The van der Waals surface area contributed by atoms with Crippen LogP contribution in [0.3, 0.4) is 0 Å². The Morgan fingerprint density at radius 1 is 1.18 bits per heavy atom. The number of hydrogen-bond donors (Lipinski definition) is 1. The Morgan fingerprint density at radius 2 is 2.09 bits per heavy atom. The van der Waals surface area contributed by atoms with Gasteiger partial charge in [0, 0.05) is 50.4 Å². The molecule has 3 aliphatic heterocycles. The summed E-state index contributed by atoms with van der Waals surface area (Å²) < 4.78 is 6.20. The smallest absolute Gasteiger partial charge is 0.318 e. The standard InChI is InChI=1S/C26H33N7O/c1-31-11-4-6-20(31)17-34-26-29-23-16-33(24-9-8-18-5-2-3-7-21(18)24)15-22(23)25(30-26)32-12-10-28-19(13-27)14-32/h2-3,5,7,19-20,24,28H,4,6,8-12,14-17H2,1H3/t19-,20-,24?/m0/s1. The topological polar surface area (TPSA) is 80.5 Å². The minimum absolute atomic E-state index is 0.185. The maximum atomic E-state index is 9.50. The third-order valence-corrected chi connectivity index (χ3v) is 8.01. The molecule has 0 bridgehead atoms. The Morgan fingerprint density at radius 3 is 2.94 bits per heavy atom. The third-order valence-electron chi connectivity index (χ3n) is 8.01. The second kappa shape index (κ2) is 9.14. The molecular weight excluding hydrogens is 426 g/mol. The quantitative estimate of drug-likeness (QED) is 0.729. The van der Waals surface area contributed by atoms with Crippen molar-refractivity contribution in [2.45, 2.75) is 56.9 Å². The molecular formula is C26H33N7O. The lowest BCUT2D eigenvalue weighted by atomic mass is 10.1. The zero-order valence-electron chi connectivity index (χ0n) is 19.9. The van der Waals surface area contributed by atoms with Crippen LogP contribution in [0.1, 0.15) is 47.7 Å². The van der Waals surface area contributed by atoms with Gasteiger partial charge in [-0.15, -0.1) is 0 Å². The largest absolute Gasteiger partial charge is 0.462 e. The molecule has 4 heterocycles. The van der Waals surface area contributed by atoms with E-state index in [1.54, 1.807) is 0 Å². The van der Waals surface area contributed by atoms with Crippen molar-refractivity contribution in [3.05, 3.63) is 46.6 Å². The van der Waals surface area contributed by atoms with Crippen molar-refractivity contribution in [2.75, 3.05) is 44.7 Å². The molecule has 0 amide bonds. The fourth-order valence-electron chi connectivity index (χ4n) is 6.09. The van der Waals surface area contributed by atoms with Gasteiger partial charge in [0.25, 0.3) is 0 Å². The lowest BCUT2D eigenvalue weighted by Crippen LogP contribution is -2.50. The number of aromatic nitrogens is 2. The normalized spacial score (nSPS) is 26.9. The van der Waals surface area contributed by atoms with Gasteiger partial charge >= 0.3 is 6.01 Å². The van der Waals surface area contributed by atoms with Crippen LogP contribution in [-0.4, -0.2) is 71.7 Å². The van der Waals surface area contributed by atoms with Crippen LogP contribution < -0.4 is 15.0 Å². The van der Waals surface area contributed by atoms with Crippen LogP contribution >= 0.6 is 0 Å². The first-order chi connectivity index (χ1) is 16.7. The number of benzene rings is 1. The van der Waals surface area contributed by atoms with Crippen molar-refractivity contribution in [1.82, 2.24) is 25.1 Å². The van der Waals surface area contributed by atoms with Crippen LogP contribution in [0.15, 0.2) is 24.3 Å². The molecule has 1 aromatic heterocycles. The summed E-state index contributed by atoms with van der Waals surface area (Å²) in [5.74, 6) is 0.954. The van der Waals surface area contributed by atoms with Gasteiger partial charge in [-0.2, -0.15) is 15.2 Å². The van der Waals surface area contributed by atoms with E-state index in [1.807, 2.05) is 0 Å². The Labute approximate surface area is 201 Å². The maximum Gasteiger partial charge on any atom is 0.318 e. The summed E-state index contributed by atoms with van der Waals surface area (Å²) in [5, 5.41) is 12.8. The van der Waals surface area contributed by atoms with E-state index in [-0.39, 0.29) is 6.04 Å². The molecule has 0 radical (unpaired) electrons. The molecule has 1 aliphatic carbocycles. The highest BCUT2D eigenvalue weighted by Crippen LogP contribution is 2.41. The number of anilines is 1. The van der Waals surface area contributed by atoms with Crippen LogP contribution in [0.2, 0.25) is 0 Å². The number of aryl methyl sites for hydroxylation is 1. The van der Waals surface area contributed by atoms with E-state index in [0.717, 1.165) is 63.5 Å². The Hall–Kier alpha value is -2.73. The molecule has 2 fully saturated rings. The number of rotatable bonds is 5. The van der Waals surface area contributed by atoms with Gasteiger partial charge < -0.3 is 14.5 Å². The van der Waals surface area contributed by atoms with Gasteiger partial charge in [-0.1, -0.05) is 24.3 Å². The SMILES string of the molecule is CN1CCC[C@H]1COc1nc2c(c(N3CCN[C@@H](C#N)C3)n1)CN(C1CCc3ccccc31)C2. The average Bonchev–Trinajstić information content (AvgIpc) is 3.60. The number of nitrogens with one attached hydrogen (secondary N) is 1. The molecule has 6 rings (SSSR count). The monoisotopic (exact) mass is 459 g/mol. The molecule has 1 unspecified atom stereocenters. The van der Waals surface area contributed by atoms with Crippen LogP contribution in [0.4, 0.5) is 5.82 Å². The molecule has 2 aromatic rings. The van der Waals surface area contributed by atoms with Gasteiger partial charge in [-0.25, -0.2) is 0 Å². The molecule has 3 atom stereocenters. The van der Waals surface area contributed by atoms with E-state index in [4.69, 9.17) is 14.7 Å². The molecule has 1 aromatic carbocycles. The van der Waals surface area contributed by atoms with Crippen LogP contribution in [0, 0.1) is 11.3 Å². The van der Waals surface area contributed by atoms with Crippen molar-refractivity contribution in [3.8, 4) is 12.1 Å². The van der Waals surface area contributed by atoms with E-state index in [2.05, 4.69) is 57.4 Å². The summed E-state index contributed by atoms with van der Waals surface area (Å²) in [7, 11) is 2.16. The summed E-state index contributed by atoms with van der Waals surface area (Å²) >= 11 is 0. The molecule has 2 saturated heterocycles. The van der Waals surface area contributed by atoms with Crippen molar-refractivity contribution in [2.24, 2.45) is 0 Å². The number of hydrogen-bond acceptors (Lipinski definition) is 8. The van der Waals surface area contributed by atoms with E-state index < -0.39 is 0 Å². The van der Waals surface area contributed by atoms with Crippen LogP contribution in [-0.2, 0) is 19.5 Å². The Kier molecular flexibility index (Phi) is 5.85. The molecule has 0 saturated carbocycles. The van der Waals surface area contributed by atoms with E-state index in [1.165, 1.54) is 23.1 Å². The third kappa shape index (κ3) is 4.02. The van der Waals surface area contributed by atoms with Crippen LogP contribution in [0.5, 0.6) is 6.01 Å². The lowest BCUT2D eigenvalue weighted by molar-refractivity contribution is 0.186. The highest BCUT2D eigenvalue weighted by molar-refractivity contribution is 5.53. The predicted molar refractivity (Wildman–Crippen MR) is 130 cm³/mol. The van der Waals surface area contributed by atoms with E-state index in [9.17, 15) is 5.26 Å². The second-order valence-electron chi connectivity index (χ2n) is 10.1. The summed E-state index contributed by atoms with van der Waals surface area (Å²) in [6.07, 6.45) is 4.66. The van der Waals surface area contributed by atoms with Gasteiger partial charge in [-0.05, 0) is 50.4 Å². The lowest BCUT2D eigenvalue weighted by Gasteiger charge is -2.32. The van der Waals surface area contributed by atoms with Gasteiger partial charge in [0.15, 0.2) is 0 Å². The molecule has 8 nitrogen and oxygen atoms in total. The zero-order chi connectivity index (χ0) is 23.1. The van der Waals surface area contributed by atoms with Crippen molar-refractivity contribution >= 4 is 5.82 Å². The fourth-order valence-corrected chi connectivity index (χ4v) is 6.09. The molecule has 8 heteroatoms. The summed E-state index contributed by atoms with van der Waals surface area (Å²) in [5.41, 5.74) is 5.21. The number of nitriles is 1. The Balaban J connectivity index is 1.28. The van der Waals surface area contributed by atoms with Crippen molar-refractivity contribution in [3.63, 3.8) is 0 Å².